The maximum absolute atomic E-state index is 12.8. The Morgan fingerprint density at radius 1 is 1.33 bits per heavy atom. The summed E-state index contributed by atoms with van der Waals surface area (Å²) in [6, 6.07) is 6.71. The third kappa shape index (κ3) is 4.91. The molecular formula is C12H18FNO. The van der Waals surface area contributed by atoms with Gasteiger partial charge in [0.05, 0.1) is 6.61 Å². The van der Waals surface area contributed by atoms with Gasteiger partial charge in [-0.15, -0.1) is 0 Å². The first-order valence-electron chi connectivity index (χ1n) is 5.26. The van der Waals surface area contributed by atoms with Gasteiger partial charge in [-0.3, -0.25) is 0 Å². The summed E-state index contributed by atoms with van der Waals surface area (Å²) >= 11 is 0. The van der Waals surface area contributed by atoms with Gasteiger partial charge in [-0.25, -0.2) is 4.39 Å². The maximum atomic E-state index is 12.8. The largest absolute Gasteiger partial charge is 0.395 e. The van der Waals surface area contributed by atoms with E-state index in [-0.39, 0.29) is 12.4 Å². The summed E-state index contributed by atoms with van der Waals surface area (Å²) in [5.41, 5.74) is 1.03. The number of halogens is 1. The topological polar surface area (TPSA) is 23.5 Å². The zero-order valence-corrected chi connectivity index (χ0v) is 9.12. The van der Waals surface area contributed by atoms with Crippen molar-refractivity contribution in [3.05, 3.63) is 35.6 Å². The Morgan fingerprint density at radius 2 is 2.13 bits per heavy atom. The molecule has 0 saturated heterocycles. The minimum absolute atomic E-state index is 0.170. The Labute approximate surface area is 90.3 Å². The highest BCUT2D eigenvalue weighted by Gasteiger charge is 1.98. The number of aliphatic hydroxyl groups excluding tert-OH is 1. The van der Waals surface area contributed by atoms with Crippen LogP contribution in [0.2, 0.25) is 0 Å². The van der Waals surface area contributed by atoms with Crippen molar-refractivity contribution in [2.24, 2.45) is 0 Å². The normalized spacial score (nSPS) is 10.9. The fourth-order valence-corrected chi connectivity index (χ4v) is 1.53. The molecule has 0 saturated carbocycles. The average Bonchev–Trinajstić information content (AvgIpc) is 2.18. The van der Waals surface area contributed by atoms with E-state index in [0.717, 1.165) is 24.9 Å². The van der Waals surface area contributed by atoms with Gasteiger partial charge in [0.25, 0.3) is 0 Å². The summed E-state index contributed by atoms with van der Waals surface area (Å²) in [6.07, 6.45) is 1.87. The van der Waals surface area contributed by atoms with Crippen LogP contribution in [-0.2, 0) is 6.42 Å². The summed E-state index contributed by atoms with van der Waals surface area (Å²) in [5.74, 6) is -0.170. The van der Waals surface area contributed by atoms with E-state index in [0.29, 0.717) is 6.54 Å². The van der Waals surface area contributed by atoms with Crippen molar-refractivity contribution >= 4 is 0 Å². The number of benzene rings is 1. The molecule has 0 aliphatic rings. The van der Waals surface area contributed by atoms with Crippen LogP contribution in [0.5, 0.6) is 0 Å². The monoisotopic (exact) mass is 211 g/mol. The SMILES string of the molecule is CN(CCO)CCCc1cccc(F)c1. The second-order valence-electron chi connectivity index (χ2n) is 3.76. The molecule has 0 spiro atoms. The van der Waals surface area contributed by atoms with E-state index in [1.54, 1.807) is 12.1 Å². The van der Waals surface area contributed by atoms with Crippen LogP contribution in [0.4, 0.5) is 4.39 Å². The van der Waals surface area contributed by atoms with E-state index >= 15 is 0 Å². The highest BCUT2D eigenvalue weighted by Crippen LogP contribution is 2.06. The Balaban J connectivity index is 2.25. The molecule has 0 atom stereocenters. The molecule has 0 amide bonds. The minimum atomic E-state index is -0.170. The summed E-state index contributed by atoms with van der Waals surface area (Å²) in [7, 11) is 1.97. The van der Waals surface area contributed by atoms with Gasteiger partial charge >= 0.3 is 0 Å². The van der Waals surface area contributed by atoms with Gasteiger partial charge in [0.15, 0.2) is 0 Å². The van der Waals surface area contributed by atoms with Crippen molar-refractivity contribution in [3.8, 4) is 0 Å². The van der Waals surface area contributed by atoms with Crippen LogP contribution in [0.15, 0.2) is 24.3 Å². The van der Waals surface area contributed by atoms with Crippen molar-refractivity contribution in [1.29, 1.82) is 0 Å². The number of nitrogens with zero attached hydrogens (tertiary/aromatic N) is 1. The van der Waals surface area contributed by atoms with Gasteiger partial charge in [-0.2, -0.15) is 0 Å². The van der Waals surface area contributed by atoms with E-state index in [1.807, 2.05) is 13.1 Å². The molecule has 1 aromatic rings. The fourth-order valence-electron chi connectivity index (χ4n) is 1.53. The van der Waals surface area contributed by atoms with Crippen molar-refractivity contribution in [2.45, 2.75) is 12.8 Å². The number of likely N-dealkylation sites (N-methyl/N-ethyl adjacent to an activating group) is 1. The smallest absolute Gasteiger partial charge is 0.123 e. The van der Waals surface area contributed by atoms with Gasteiger partial charge < -0.3 is 10.0 Å². The third-order valence-electron chi connectivity index (χ3n) is 2.38. The van der Waals surface area contributed by atoms with Crippen LogP contribution in [-0.4, -0.2) is 36.8 Å². The standard InChI is InChI=1S/C12H18FNO/c1-14(8-9-15)7-3-5-11-4-2-6-12(13)10-11/h2,4,6,10,15H,3,5,7-9H2,1H3. The number of rotatable bonds is 6. The van der Waals surface area contributed by atoms with E-state index in [4.69, 9.17) is 5.11 Å². The summed E-state index contributed by atoms with van der Waals surface area (Å²) < 4.78 is 12.8. The first kappa shape index (κ1) is 12.1. The molecule has 2 nitrogen and oxygen atoms in total. The van der Waals surface area contributed by atoms with Gasteiger partial charge in [-0.1, -0.05) is 12.1 Å². The fraction of sp³-hybridized carbons (Fsp3) is 0.500. The highest BCUT2D eigenvalue weighted by molar-refractivity contribution is 5.16. The summed E-state index contributed by atoms with van der Waals surface area (Å²) in [6.45, 7) is 1.82. The summed E-state index contributed by atoms with van der Waals surface area (Å²) in [5, 5.41) is 8.70. The van der Waals surface area contributed by atoms with Gasteiger partial charge in [0, 0.05) is 6.54 Å². The van der Waals surface area contributed by atoms with E-state index in [1.165, 1.54) is 6.07 Å². The molecule has 15 heavy (non-hydrogen) atoms. The van der Waals surface area contributed by atoms with Gasteiger partial charge in [-0.05, 0) is 44.1 Å². The zero-order chi connectivity index (χ0) is 11.1. The molecule has 0 aliphatic heterocycles. The summed E-state index contributed by atoms with van der Waals surface area (Å²) in [4.78, 5) is 2.07. The molecule has 0 fully saturated rings. The molecule has 0 radical (unpaired) electrons. The van der Waals surface area contributed by atoms with Gasteiger partial charge in [0.2, 0.25) is 0 Å². The van der Waals surface area contributed by atoms with Crippen molar-refractivity contribution in [2.75, 3.05) is 26.7 Å². The lowest BCUT2D eigenvalue weighted by Gasteiger charge is -2.14. The lowest BCUT2D eigenvalue weighted by Crippen LogP contribution is -2.23. The predicted molar refractivity (Wildman–Crippen MR) is 59.3 cm³/mol. The highest BCUT2D eigenvalue weighted by atomic mass is 19.1. The lowest BCUT2D eigenvalue weighted by atomic mass is 10.1. The molecule has 3 heteroatoms. The molecule has 1 N–H and O–H groups in total. The molecule has 1 aromatic carbocycles. The molecular weight excluding hydrogens is 193 g/mol. The van der Waals surface area contributed by atoms with Crippen LogP contribution < -0.4 is 0 Å². The van der Waals surface area contributed by atoms with Crippen LogP contribution in [0.25, 0.3) is 0 Å². The molecule has 0 unspecified atom stereocenters. The molecule has 84 valence electrons. The minimum Gasteiger partial charge on any atom is -0.395 e. The Hall–Kier alpha value is -0.930. The third-order valence-corrected chi connectivity index (χ3v) is 2.38. The molecule has 0 heterocycles. The Morgan fingerprint density at radius 3 is 2.80 bits per heavy atom. The second-order valence-corrected chi connectivity index (χ2v) is 3.76. The zero-order valence-electron chi connectivity index (χ0n) is 9.12. The van der Waals surface area contributed by atoms with Crippen molar-refractivity contribution < 1.29 is 9.50 Å². The number of aryl methyl sites for hydroxylation is 1. The predicted octanol–water partition coefficient (Wildman–Crippen LogP) is 1.68. The van der Waals surface area contributed by atoms with Gasteiger partial charge in [0.1, 0.15) is 5.82 Å². The Bertz CT molecular complexity index is 291. The Kier molecular flexibility index (Phi) is 5.29. The average molecular weight is 211 g/mol. The molecule has 0 bridgehead atoms. The first-order valence-corrected chi connectivity index (χ1v) is 5.26. The number of hydrogen-bond acceptors (Lipinski definition) is 2. The van der Waals surface area contributed by atoms with Crippen LogP contribution in [0, 0.1) is 5.82 Å². The van der Waals surface area contributed by atoms with E-state index in [9.17, 15) is 4.39 Å². The van der Waals surface area contributed by atoms with Crippen LogP contribution in [0.1, 0.15) is 12.0 Å². The number of aliphatic hydroxyl groups is 1. The van der Waals surface area contributed by atoms with Crippen molar-refractivity contribution in [3.63, 3.8) is 0 Å². The first-order chi connectivity index (χ1) is 7.22. The maximum Gasteiger partial charge on any atom is 0.123 e. The van der Waals surface area contributed by atoms with E-state index in [2.05, 4.69) is 4.90 Å². The van der Waals surface area contributed by atoms with Crippen LogP contribution >= 0.6 is 0 Å². The molecule has 0 aliphatic carbocycles. The molecule has 0 aromatic heterocycles. The quantitative estimate of drug-likeness (QED) is 0.774. The van der Waals surface area contributed by atoms with Crippen molar-refractivity contribution in [1.82, 2.24) is 4.90 Å². The van der Waals surface area contributed by atoms with E-state index < -0.39 is 0 Å². The number of hydrogen-bond donors (Lipinski definition) is 1. The lowest BCUT2D eigenvalue weighted by molar-refractivity contribution is 0.220. The second kappa shape index (κ2) is 6.53. The molecule has 1 rings (SSSR count). The van der Waals surface area contributed by atoms with Crippen LogP contribution in [0.3, 0.4) is 0 Å².